The molecule has 2 N–H and O–H groups in total. The van der Waals surface area contributed by atoms with Crippen molar-refractivity contribution in [1.82, 2.24) is 4.98 Å². The minimum Gasteiger partial charge on any atom is -0.308 e. The predicted octanol–water partition coefficient (Wildman–Crippen LogP) is 6.72. The molecule has 8 heteroatoms. The second-order valence-corrected chi connectivity index (χ2v) is 7.80. The Balaban J connectivity index is 1.75. The van der Waals surface area contributed by atoms with Crippen LogP contribution in [-0.2, 0) is 0 Å². The number of nitrogens with zero attached hydrogens (tertiary/aromatic N) is 2. The fourth-order valence-electron chi connectivity index (χ4n) is 3.66. The van der Waals surface area contributed by atoms with Gasteiger partial charge >= 0.3 is 6.03 Å². The lowest BCUT2D eigenvalue weighted by molar-refractivity contribution is -0.384. The van der Waals surface area contributed by atoms with Gasteiger partial charge < -0.3 is 10.6 Å². The Kier molecular flexibility index (Phi) is 5.75. The number of nitro groups is 1. The molecule has 0 bridgehead atoms. The summed E-state index contributed by atoms with van der Waals surface area (Å²) in [5, 5.41) is 17.8. The van der Waals surface area contributed by atoms with Crippen molar-refractivity contribution in [3.8, 4) is 11.1 Å². The number of carbonyl (C=O) groups is 1. The molecule has 160 valence electrons. The standard InChI is InChI=1S/C24H19ClN4O3/c1-14-11-15(2)23-19(12-14)22(18-5-3-4-6-20(18)25)21(13-26-23)28-24(30)27-16-7-9-17(10-8-16)29(31)32/h3-13H,1-2H3,(H2,27,28,30). The van der Waals surface area contributed by atoms with Crippen LogP contribution in [0.25, 0.3) is 22.0 Å². The van der Waals surface area contributed by atoms with E-state index in [1.807, 2.05) is 38.1 Å². The molecule has 3 aromatic carbocycles. The molecule has 7 nitrogen and oxygen atoms in total. The number of benzene rings is 3. The van der Waals surface area contributed by atoms with Crippen molar-refractivity contribution in [3.63, 3.8) is 0 Å². The fraction of sp³-hybridized carbons (Fsp3) is 0.0833. The molecule has 0 atom stereocenters. The van der Waals surface area contributed by atoms with Crippen LogP contribution in [0.15, 0.2) is 66.9 Å². The van der Waals surface area contributed by atoms with E-state index in [0.29, 0.717) is 16.4 Å². The minimum atomic E-state index is -0.502. The van der Waals surface area contributed by atoms with E-state index in [1.165, 1.54) is 24.3 Å². The third-order valence-electron chi connectivity index (χ3n) is 5.03. The molecular formula is C24H19ClN4O3. The van der Waals surface area contributed by atoms with E-state index >= 15 is 0 Å². The molecule has 2 amide bonds. The summed E-state index contributed by atoms with van der Waals surface area (Å²) in [5.74, 6) is 0. The van der Waals surface area contributed by atoms with Gasteiger partial charge in [0, 0.05) is 39.4 Å². The molecule has 0 fully saturated rings. The Hall–Kier alpha value is -3.97. The molecule has 0 unspecified atom stereocenters. The first-order valence-electron chi connectivity index (χ1n) is 9.81. The van der Waals surface area contributed by atoms with Crippen LogP contribution in [0.4, 0.5) is 21.9 Å². The number of halogens is 1. The molecule has 1 aromatic heterocycles. The van der Waals surface area contributed by atoms with Crippen molar-refractivity contribution in [3.05, 3.63) is 93.1 Å². The number of pyridine rings is 1. The first-order valence-corrected chi connectivity index (χ1v) is 10.2. The van der Waals surface area contributed by atoms with E-state index in [2.05, 4.69) is 21.7 Å². The molecule has 4 rings (SSSR count). The summed E-state index contributed by atoms with van der Waals surface area (Å²) < 4.78 is 0. The van der Waals surface area contributed by atoms with Gasteiger partial charge in [0.15, 0.2) is 0 Å². The SMILES string of the molecule is Cc1cc(C)c2ncc(NC(=O)Nc3ccc([N+](=O)[O-])cc3)c(-c3ccccc3Cl)c2c1. The van der Waals surface area contributed by atoms with Crippen LogP contribution in [0.2, 0.25) is 5.02 Å². The first-order chi connectivity index (χ1) is 15.3. The normalized spacial score (nSPS) is 10.7. The number of fused-ring (bicyclic) bond motifs is 1. The van der Waals surface area contributed by atoms with Crippen LogP contribution in [0.1, 0.15) is 11.1 Å². The van der Waals surface area contributed by atoms with E-state index in [1.54, 1.807) is 12.3 Å². The smallest absolute Gasteiger partial charge is 0.308 e. The van der Waals surface area contributed by atoms with Gasteiger partial charge in [-0.3, -0.25) is 15.1 Å². The summed E-state index contributed by atoms with van der Waals surface area (Å²) in [6.45, 7) is 4.00. The van der Waals surface area contributed by atoms with E-state index in [9.17, 15) is 14.9 Å². The quantitative estimate of drug-likeness (QED) is 0.268. The monoisotopic (exact) mass is 446 g/mol. The Morgan fingerprint density at radius 1 is 1.03 bits per heavy atom. The number of hydrogen-bond donors (Lipinski definition) is 2. The average Bonchev–Trinajstić information content (AvgIpc) is 2.74. The van der Waals surface area contributed by atoms with Gasteiger partial charge in [-0.2, -0.15) is 0 Å². The Morgan fingerprint density at radius 2 is 1.75 bits per heavy atom. The van der Waals surface area contributed by atoms with Crippen molar-refractivity contribution in [2.45, 2.75) is 13.8 Å². The van der Waals surface area contributed by atoms with Gasteiger partial charge in [-0.1, -0.05) is 41.4 Å². The van der Waals surface area contributed by atoms with Crippen LogP contribution < -0.4 is 10.6 Å². The Labute approximate surface area is 189 Å². The summed E-state index contributed by atoms with van der Waals surface area (Å²) in [7, 11) is 0. The molecule has 0 radical (unpaired) electrons. The number of anilines is 2. The third kappa shape index (κ3) is 4.24. The van der Waals surface area contributed by atoms with Gasteiger partial charge in [-0.25, -0.2) is 4.79 Å². The van der Waals surface area contributed by atoms with E-state index in [4.69, 9.17) is 11.6 Å². The molecule has 0 aliphatic rings. The van der Waals surface area contributed by atoms with Crippen LogP contribution in [0, 0.1) is 24.0 Å². The number of nitrogens with one attached hydrogen (secondary N) is 2. The highest BCUT2D eigenvalue weighted by molar-refractivity contribution is 6.34. The van der Waals surface area contributed by atoms with E-state index in [0.717, 1.165) is 33.2 Å². The highest BCUT2D eigenvalue weighted by atomic mass is 35.5. The van der Waals surface area contributed by atoms with Crippen LogP contribution >= 0.6 is 11.6 Å². The zero-order valence-corrected chi connectivity index (χ0v) is 18.1. The van der Waals surface area contributed by atoms with Gasteiger partial charge in [-0.05, 0) is 43.7 Å². The van der Waals surface area contributed by atoms with Crippen molar-refractivity contribution in [2.24, 2.45) is 0 Å². The molecule has 0 saturated carbocycles. The fourth-order valence-corrected chi connectivity index (χ4v) is 3.89. The molecule has 32 heavy (non-hydrogen) atoms. The molecule has 0 aliphatic heterocycles. The van der Waals surface area contributed by atoms with Crippen molar-refractivity contribution >= 4 is 45.6 Å². The summed E-state index contributed by atoms with van der Waals surface area (Å²) in [6.07, 6.45) is 1.61. The summed E-state index contributed by atoms with van der Waals surface area (Å²) in [5.41, 5.74) is 5.33. The van der Waals surface area contributed by atoms with Crippen LogP contribution in [0.5, 0.6) is 0 Å². The summed E-state index contributed by atoms with van der Waals surface area (Å²) >= 11 is 6.51. The number of non-ortho nitro benzene ring substituents is 1. The number of rotatable bonds is 4. The van der Waals surface area contributed by atoms with Crippen molar-refractivity contribution in [1.29, 1.82) is 0 Å². The van der Waals surface area contributed by atoms with Gasteiger partial charge in [-0.15, -0.1) is 0 Å². The largest absolute Gasteiger partial charge is 0.323 e. The number of nitro benzene ring substituents is 1. The molecule has 0 aliphatic carbocycles. The van der Waals surface area contributed by atoms with Crippen LogP contribution in [-0.4, -0.2) is 15.9 Å². The average molecular weight is 447 g/mol. The lowest BCUT2D eigenvalue weighted by atomic mass is 9.96. The van der Waals surface area contributed by atoms with Gasteiger partial charge in [0.1, 0.15) is 0 Å². The topological polar surface area (TPSA) is 97.2 Å². The number of carbonyl (C=O) groups excluding carboxylic acids is 1. The molecule has 4 aromatic rings. The predicted molar refractivity (Wildman–Crippen MR) is 127 cm³/mol. The second kappa shape index (κ2) is 8.64. The molecule has 0 saturated heterocycles. The van der Waals surface area contributed by atoms with Crippen LogP contribution in [0.3, 0.4) is 0 Å². The third-order valence-corrected chi connectivity index (χ3v) is 5.36. The van der Waals surface area contributed by atoms with Gasteiger partial charge in [0.05, 0.1) is 22.3 Å². The lowest BCUT2D eigenvalue weighted by Gasteiger charge is -2.17. The summed E-state index contributed by atoms with van der Waals surface area (Å²) in [6, 6.07) is 16.6. The molecule has 1 heterocycles. The van der Waals surface area contributed by atoms with E-state index in [-0.39, 0.29) is 5.69 Å². The molecular weight excluding hydrogens is 428 g/mol. The highest BCUT2D eigenvalue weighted by Crippen LogP contribution is 2.39. The maximum atomic E-state index is 12.7. The zero-order valence-electron chi connectivity index (χ0n) is 17.3. The minimum absolute atomic E-state index is 0.0542. The number of hydrogen-bond acceptors (Lipinski definition) is 4. The molecule has 0 spiro atoms. The summed E-state index contributed by atoms with van der Waals surface area (Å²) in [4.78, 5) is 27.6. The number of amides is 2. The first kappa shape index (κ1) is 21.3. The van der Waals surface area contributed by atoms with Gasteiger partial charge in [0.2, 0.25) is 0 Å². The maximum Gasteiger partial charge on any atom is 0.323 e. The Bertz CT molecular complexity index is 1350. The van der Waals surface area contributed by atoms with E-state index < -0.39 is 11.0 Å². The number of aromatic nitrogens is 1. The second-order valence-electron chi connectivity index (χ2n) is 7.39. The lowest BCUT2D eigenvalue weighted by Crippen LogP contribution is -2.20. The maximum absolute atomic E-state index is 12.7. The van der Waals surface area contributed by atoms with Crippen molar-refractivity contribution in [2.75, 3.05) is 10.6 Å². The Morgan fingerprint density at radius 3 is 2.44 bits per heavy atom. The zero-order chi connectivity index (χ0) is 22.8. The number of aryl methyl sites for hydroxylation is 2. The van der Waals surface area contributed by atoms with Gasteiger partial charge in [0.25, 0.3) is 5.69 Å². The number of urea groups is 1. The van der Waals surface area contributed by atoms with Crippen molar-refractivity contribution < 1.29 is 9.72 Å². The highest BCUT2D eigenvalue weighted by Gasteiger charge is 2.17.